The van der Waals surface area contributed by atoms with Gasteiger partial charge in [-0.1, -0.05) is 0 Å². The van der Waals surface area contributed by atoms with E-state index < -0.39 is 0 Å². The number of hydrogen-bond donors (Lipinski definition) is 0. The van der Waals surface area contributed by atoms with Crippen LogP contribution in [0.2, 0.25) is 0 Å². The van der Waals surface area contributed by atoms with Gasteiger partial charge in [0.25, 0.3) is 0 Å². The highest BCUT2D eigenvalue weighted by molar-refractivity contribution is 5.98. The van der Waals surface area contributed by atoms with E-state index in [0.29, 0.717) is 44.9 Å². The third-order valence-corrected chi connectivity index (χ3v) is 3.20. The monoisotopic (exact) mass is 209 g/mol. The maximum Gasteiger partial charge on any atom is 0.229 e. The summed E-state index contributed by atoms with van der Waals surface area (Å²) < 4.78 is 0. The van der Waals surface area contributed by atoms with Crippen LogP contribution in [0, 0.1) is 0 Å². The number of carbonyl (C=O) groups excluding carboxylic acids is 3. The van der Waals surface area contributed by atoms with E-state index in [1.165, 1.54) is 4.90 Å². The van der Waals surface area contributed by atoms with Crippen molar-refractivity contribution in [1.29, 1.82) is 0 Å². The second kappa shape index (κ2) is 4.13. The van der Waals surface area contributed by atoms with Gasteiger partial charge in [-0.15, -0.1) is 0 Å². The molecule has 0 unspecified atom stereocenters. The number of hydrogen-bond acceptors (Lipinski definition) is 3. The number of rotatable bonds is 1. The van der Waals surface area contributed by atoms with Gasteiger partial charge >= 0.3 is 0 Å². The van der Waals surface area contributed by atoms with Crippen molar-refractivity contribution in [2.24, 2.45) is 0 Å². The van der Waals surface area contributed by atoms with Gasteiger partial charge in [0.05, 0.1) is 0 Å². The summed E-state index contributed by atoms with van der Waals surface area (Å²) in [5, 5.41) is 0. The third-order valence-electron chi connectivity index (χ3n) is 3.20. The molecule has 0 aromatic heterocycles. The van der Waals surface area contributed by atoms with E-state index in [-0.39, 0.29) is 23.6 Å². The minimum atomic E-state index is -0.0504. The topological polar surface area (TPSA) is 54.5 Å². The maximum absolute atomic E-state index is 11.6. The molecule has 2 amide bonds. The van der Waals surface area contributed by atoms with Gasteiger partial charge < -0.3 is 0 Å². The van der Waals surface area contributed by atoms with Crippen LogP contribution in [0.25, 0.3) is 0 Å². The predicted molar refractivity (Wildman–Crippen MR) is 53.0 cm³/mol. The van der Waals surface area contributed by atoms with Crippen LogP contribution in [0.3, 0.4) is 0 Å². The molecule has 0 bridgehead atoms. The van der Waals surface area contributed by atoms with Crippen molar-refractivity contribution in [3.63, 3.8) is 0 Å². The first-order valence-corrected chi connectivity index (χ1v) is 5.55. The lowest BCUT2D eigenvalue weighted by atomic mass is 9.91. The first kappa shape index (κ1) is 10.3. The predicted octanol–water partition coefficient (Wildman–Crippen LogP) is 1.04. The number of ketones is 1. The minimum Gasteiger partial charge on any atom is -0.300 e. The molecule has 2 aliphatic rings. The molecule has 15 heavy (non-hydrogen) atoms. The van der Waals surface area contributed by atoms with Crippen LogP contribution in [-0.2, 0) is 14.4 Å². The molecular formula is C11H15NO3. The number of piperidine rings is 1. The quantitative estimate of drug-likeness (QED) is 0.606. The fraction of sp³-hybridized carbons (Fsp3) is 0.727. The summed E-state index contributed by atoms with van der Waals surface area (Å²) in [6.45, 7) is 0. The Bertz CT molecular complexity index is 285. The molecule has 0 aromatic carbocycles. The third kappa shape index (κ3) is 2.08. The second-order valence-corrected chi connectivity index (χ2v) is 4.28. The molecule has 1 aliphatic carbocycles. The van der Waals surface area contributed by atoms with Gasteiger partial charge in [-0.05, 0) is 19.3 Å². The summed E-state index contributed by atoms with van der Waals surface area (Å²) in [4.78, 5) is 35.7. The zero-order valence-electron chi connectivity index (χ0n) is 8.70. The molecule has 1 saturated carbocycles. The van der Waals surface area contributed by atoms with E-state index in [2.05, 4.69) is 0 Å². The highest BCUT2D eigenvalue weighted by atomic mass is 16.2. The van der Waals surface area contributed by atoms with Crippen molar-refractivity contribution in [2.75, 3.05) is 0 Å². The van der Waals surface area contributed by atoms with Gasteiger partial charge in [0.15, 0.2) is 0 Å². The lowest BCUT2D eigenvalue weighted by molar-refractivity contribution is -0.152. The normalized spacial score (nSPS) is 24.8. The summed E-state index contributed by atoms with van der Waals surface area (Å²) in [6.07, 6.45) is 4.00. The molecule has 0 radical (unpaired) electrons. The molecule has 4 nitrogen and oxygen atoms in total. The van der Waals surface area contributed by atoms with Crippen molar-refractivity contribution in [3.05, 3.63) is 0 Å². The maximum atomic E-state index is 11.6. The van der Waals surface area contributed by atoms with Crippen LogP contribution < -0.4 is 0 Å². The molecule has 1 heterocycles. The number of nitrogens with zero attached hydrogens (tertiary/aromatic N) is 1. The van der Waals surface area contributed by atoms with Crippen molar-refractivity contribution in [3.8, 4) is 0 Å². The molecule has 82 valence electrons. The summed E-state index contributed by atoms with van der Waals surface area (Å²) in [5.41, 5.74) is 0. The van der Waals surface area contributed by atoms with Crippen LogP contribution in [0.15, 0.2) is 0 Å². The van der Waals surface area contributed by atoms with Gasteiger partial charge in [0, 0.05) is 31.7 Å². The Hall–Kier alpha value is -1.19. The number of carbonyl (C=O) groups is 3. The summed E-state index contributed by atoms with van der Waals surface area (Å²) in [7, 11) is 0. The first-order valence-electron chi connectivity index (χ1n) is 5.55. The molecule has 2 fully saturated rings. The Morgan fingerprint density at radius 1 is 0.867 bits per heavy atom. The Morgan fingerprint density at radius 2 is 1.40 bits per heavy atom. The summed E-state index contributed by atoms with van der Waals surface area (Å²) in [6, 6.07) is -0.0111. The van der Waals surface area contributed by atoms with Crippen molar-refractivity contribution in [2.45, 2.75) is 51.0 Å². The highest BCUT2D eigenvalue weighted by Crippen LogP contribution is 2.24. The molecule has 1 saturated heterocycles. The van der Waals surface area contributed by atoms with Crippen LogP contribution in [0.5, 0.6) is 0 Å². The van der Waals surface area contributed by atoms with E-state index in [4.69, 9.17) is 0 Å². The Morgan fingerprint density at radius 3 is 1.93 bits per heavy atom. The zero-order chi connectivity index (χ0) is 10.8. The Balaban J connectivity index is 2.04. The fourth-order valence-corrected chi connectivity index (χ4v) is 2.36. The van der Waals surface area contributed by atoms with Crippen molar-refractivity contribution >= 4 is 17.6 Å². The van der Waals surface area contributed by atoms with Crippen LogP contribution in [0.4, 0.5) is 0 Å². The van der Waals surface area contributed by atoms with Gasteiger partial charge in [0.1, 0.15) is 5.78 Å². The average molecular weight is 209 g/mol. The van der Waals surface area contributed by atoms with E-state index in [1.807, 2.05) is 0 Å². The first-order chi connectivity index (χ1) is 7.18. The van der Waals surface area contributed by atoms with Crippen molar-refractivity contribution in [1.82, 2.24) is 4.90 Å². The van der Waals surface area contributed by atoms with E-state index in [0.717, 1.165) is 0 Å². The standard InChI is InChI=1S/C11H15NO3/c13-9-6-4-8(5-7-9)12-10(14)2-1-3-11(12)15/h8H,1-7H2. The molecular weight excluding hydrogens is 194 g/mol. The molecule has 0 atom stereocenters. The average Bonchev–Trinajstić information content (AvgIpc) is 2.20. The lowest BCUT2D eigenvalue weighted by Gasteiger charge is -2.34. The number of Topliss-reactive ketones (excluding diaryl/α,β-unsaturated/α-hetero) is 1. The SMILES string of the molecule is O=C1CCC(N2C(=O)CCCC2=O)CC1. The van der Waals surface area contributed by atoms with Crippen molar-refractivity contribution < 1.29 is 14.4 Å². The molecule has 0 aromatic rings. The molecule has 0 N–H and O–H groups in total. The number of likely N-dealkylation sites (tertiary alicyclic amines) is 1. The van der Waals surface area contributed by atoms with E-state index >= 15 is 0 Å². The molecule has 4 heteroatoms. The van der Waals surface area contributed by atoms with Crippen LogP contribution >= 0.6 is 0 Å². The van der Waals surface area contributed by atoms with Crippen LogP contribution in [0.1, 0.15) is 44.9 Å². The molecule has 1 aliphatic heterocycles. The zero-order valence-corrected chi connectivity index (χ0v) is 8.70. The second-order valence-electron chi connectivity index (χ2n) is 4.28. The van der Waals surface area contributed by atoms with Gasteiger partial charge in [-0.3, -0.25) is 19.3 Å². The number of imide groups is 1. The minimum absolute atomic E-state index is 0.0111. The largest absolute Gasteiger partial charge is 0.300 e. The molecule has 0 spiro atoms. The highest BCUT2D eigenvalue weighted by Gasteiger charge is 2.34. The smallest absolute Gasteiger partial charge is 0.229 e. The number of amides is 2. The van der Waals surface area contributed by atoms with E-state index in [9.17, 15) is 14.4 Å². The van der Waals surface area contributed by atoms with Gasteiger partial charge in [0.2, 0.25) is 11.8 Å². The van der Waals surface area contributed by atoms with Gasteiger partial charge in [-0.25, -0.2) is 0 Å². The van der Waals surface area contributed by atoms with Crippen LogP contribution in [-0.4, -0.2) is 28.5 Å². The fourth-order valence-electron chi connectivity index (χ4n) is 2.36. The lowest BCUT2D eigenvalue weighted by Crippen LogP contribution is -2.48. The molecule has 2 rings (SSSR count). The van der Waals surface area contributed by atoms with Gasteiger partial charge in [-0.2, -0.15) is 0 Å². The Labute approximate surface area is 88.6 Å². The Kier molecular flexibility index (Phi) is 2.84. The van der Waals surface area contributed by atoms with E-state index in [1.54, 1.807) is 0 Å². The summed E-state index contributed by atoms with van der Waals surface area (Å²) in [5.74, 6) is 0.152. The summed E-state index contributed by atoms with van der Waals surface area (Å²) >= 11 is 0.